The van der Waals surface area contributed by atoms with Crippen molar-refractivity contribution in [2.75, 3.05) is 18.4 Å². The lowest BCUT2D eigenvalue weighted by atomic mass is 9.85. The minimum Gasteiger partial charge on any atom is -0.326 e. The second kappa shape index (κ2) is 7.60. The van der Waals surface area contributed by atoms with Crippen LogP contribution in [-0.2, 0) is 11.2 Å². The molecule has 116 valence electrons. The zero-order valence-electron chi connectivity index (χ0n) is 13.5. The molecule has 1 amide bonds. The van der Waals surface area contributed by atoms with E-state index in [1.165, 1.54) is 18.4 Å². The van der Waals surface area contributed by atoms with Gasteiger partial charge in [-0.2, -0.15) is 0 Å². The molecule has 1 aromatic carbocycles. The molecule has 1 saturated heterocycles. The summed E-state index contributed by atoms with van der Waals surface area (Å²) in [6.45, 7) is 8.57. The Morgan fingerprint density at radius 3 is 2.95 bits per heavy atom. The van der Waals surface area contributed by atoms with Gasteiger partial charge in [-0.3, -0.25) is 4.79 Å². The smallest absolute Gasteiger partial charge is 0.224 e. The van der Waals surface area contributed by atoms with Crippen LogP contribution in [0.4, 0.5) is 5.69 Å². The van der Waals surface area contributed by atoms with Gasteiger partial charge in [-0.05, 0) is 62.2 Å². The maximum atomic E-state index is 12.4. The molecule has 0 saturated carbocycles. The average molecular weight is 288 g/mol. The van der Waals surface area contributed by atoms with E-state index in [1.54, 1.807) is 0 Å². The first-order valence-corrected chi connectivity index (χ1v) is 8.20. The summed E-state index contributed by atoms with van der Waals surface area (Å²) < 4.78 is 0. The van der Waals surface area contributed by atoms with Crippen LogP contribution in [-0.4, -0.2) is 19.0 Å². The molecule has 2 rings (SSSR count). The van der Waals surface area contributed by atoms with Gasteiger partial charge >= 0.3 is 0 Å². The quantitative estimate of drug-likeness (QED) is 0.870. The molecule has 0 aliphatic carbocycles. The van der Waals surface area contributed by atoms with Crippen LogP contribution in [0.25, 0.3) is 0 Å². The number of aryl methyl sites for hydroxylation is 2. The Morgan fingerprint density at radius 1 is 1.48 bits per heavy atom. The molecule has 1 aromatic rings. The fraction of sp³-hybridized carbons (Fsp3) is 0.611. The number of hydrogen-bond donors (Lipinski definition) is 2. The Morgan fingerprint density at radius 2 is 2.29 bits per heavy atom. The Balaban J connectivity index is 1.95. The maximum absolute atomic E-state index is 12.4. The van der Waals surface area contributed by atoms with Crippen molar-refractivity contribution >= 4 is 11.6 Å². The molecule has 21 heavy (non-hydrogen) atoms. The van der Waals surface area contributed by atoms with Gasteiger partial charge in [-0.25, -0.2) is 0 Å². The molecule has 0 radical (unpaired) electrons. The van der Waals surface area contributed by atoms with Gasteiger partial charge in [0.05, 0.1) is 0 Å². The van der Waals surface area contributed by atoms with Gasteiger partial charge in [0.25, 0.3) is 0 Å². The number of nitrogens with one attached hydrogen (secondary N) is 2. The van der Waals surface area contributed by atoms with Gasteiger partial charge in [-0.1, -0.05) is 32.0 Å². The van der Waals surface area contributed by atoms with Crippen molar-refractivity contribution < 1.29 is 4.79 Å². The fourth-order valence-electron chi connectivity index (χ4n) is 3.22. The minimum atomic E-state index is 0.150. The zero-order valence-corrected chi connectivity index (χ0v) is 13.5. The van der Waals surface area contributed by atoms with Crippen LogP contribution in [0.15, 0.2) is 18.2 Å². The molecule has 0 bridgehead atoms. The summed E-state index contributed by atoms with van der Waals surface area (Å²) in [7, 11) is 0. The lowest BCUT2D eigenvalue weighted by Gasteiger charge is -2.28. The van der Waals surface area contributed by atoms with Crippen LogP contribution in [0.1, 0.15) is 44.2 Å². The molecule has 2 atom stereocenters. The molecule has 0 spiro atoms. The standard InChI is InChI=1S/C18H28N2O/c1-4-15-8-5-7-13(2)18(15)20-17(21)11-14(3)16-9-6-10-19-12-16/h5,7-8,14,16,19H,4,6,9-12H2,1-3H3,(H,20,21). The Bertz CT molecular complexity index is 478. The molecule has 1 aliphatic heterocycles. The van der Waals surface area contributed by atoms with E-state index in [4.69, 9.17) is 0 Å². The highest BCUT2D eigenvalue weighted by molar-refractivity contribution is 5.92. The highest BCUT2D eigenvalue weighted by Gasteiger charge is 2.22. The summed E-state index contributed by atoms with van der Waals surface area (Å²) in [5.41, 5.74) is 3.38. The summed E-state index contributed by atoms with van der Waals surface area (Å²) >= 11 is 0. The number of carbonyl (C=O) groups excluding carboxylic acids is 1. The van der Waals surface area contributed by atoms with Crippen molar-refractivity contribution in [3.8, 4) is 0 Å². The second-order valence-electron chi connectivity index (χ2n) is 6.30. The number of para-hydroxylation sites is 1. The third-order valence-corrected chi connectivity index (χ3v) is 4.65. The van der Waals surface area contributed by atoms with Crippen molar-refractivity contribution in [2.45, 2.75) is 46.5 Å². The third-order valence-electron chi connectivity index (χ3n) is 4.65. The van der Waals surface area contributed by atoms with E-state index in [2.05, 4.69) is 49.6 Å². The van der Waals surface area contributed by atoms with E-state index in [0.29, 0.717) is 18.3 Å². The van der Waals surface area contributed by atoms with E-state index >= 15 is 0 Å². The third kappa shape index (κ3) is 4.31. The molecule has 2 N–H and O–H groups in total. The largest absolute Gasteiger partial charge is 0.326 e. The summed E-state index contributed by atoms with van der Waals surface area (Å²) in [5.74, 6) is 1.22. The predicted octanol–water partition coefficient (Wildman–Crippen LogP) is 3.52. The van der Waals surface area contributed by atoms with Gasteiger partial charge in [0.1, 0.15) is 0 Å². The first-order chi connectivity index (χ1) is 10.1. The number of hydrogen-bond acceptors (Lipinski definition) is 2. The van der Waals surface area contributed by atoms with Crippen LogP contribution in [0, 0.1) is 18.8 Å². The SMILES string of the molecule is CCc1cccc(C)c1NC(=O)CC(C)C1CCCNC1. The molecule has 1 fully saturated rings. The summed E-state index contributed by atoms with van der Waals surface area (Å²) in [4.78, 5) is 12.4. The topological polar surface area (TPSA) is 41.1 Å². The van der Waals surface area contributed by atoms with E-state index in [9.17, 15) is 4.79 Å². The Hall–Kier alpha value is -1.35. The summed E-state index contributed by atoms with van der Waals surface area (Å²) in [5, 5.41) is 6.57. The average Bonchev–Trinajstić information content (AvgIpc) is 2.50. The van der Waals surface area contributed by atoms with Crippen LogP contribution >= 0.6 is 0 Å². The van der Waals surface area contributed by atoms with Gasteiger partial charge in [0.15, 0.2) is 0 Å². The predicted molar refractivity (Wildman–Crippen MR) is 88.6 cm³/mol. The van der Waals surface area contributed by atoms with Crippen molar-refractivity contribution in [3.63, 3.8) is 0 Å². The Labute approximate surface area is 128 Å². The van der Waals surface area contributed by atoms with Crippen molar-refractivity contribution in [3.05, 3.63) is 29.3 Å². The highest BCUT2D eigenvalue weighted by atomic mass is 16.1. The molecule has 0 aromatic heterocycles. The van der Waals surface area contributed by atoms with Crippen molar-refractivity contribution in [1.29, 1.82) is 0 Å². The van der Waals surface area contributed by atoms with E-state index in [-0.39, 0.29) is 5.91 Å². The zero-order chi connectivity index (χ0) is 15.2. The van der Waals surface area contributed by atoms with Gasteiger partial charge in [0, 0.05) is 12.1 Å². The van der Waals surface area contributed by atoms with Crippen LogP contribution in [0.2, 0.25) is 0 Å². The van der Waals surface area contributed by atoms with E-state index in [1.807, 2.05) is 0 Å². The highest BCUT2D eigenvalue weighted by Crippen LogP contribution is 2.25. The number of benzene rings is 1. The molecule has 1 heterocycles. The lowest BCUT2D eigenvalue weighted by Crippen LogP contribution is -2.34. The van der Waals surface area contributed by atoms with Gasteiger partial charge < -0.3 is 10.6 Å². The van der Waals surface area contributed by atoms with Crippen LogP contribution in [0.3, 0.4) is 0 Å². The van der Waals surface area contributed by atoms with Gasteiger partial charge in [-0.15, -0.1) is 0 Å². The Kier molecular flexibility index (Phi) is 5.80. The number of carbonyl (C=O) groups is 1. The molecular weight excluding hydrogens is 260 g/mol. The summed E-state index contributed by atoms with van der Waals surface area (Å²) in [6.07, 6.45) is 4.03. The number of anilines is 1. The first kappa shape index (κ1) is 16.0. The molecule has 2 unspecified atom stereocenters. The number of amides is 1. The molecule has 1 aliphatic rings. The minimum absolute atomic E-state index is 0.150. The number of rotatable bonds is 5. The first-order valence-electron chi connectivity index (χ1n) is 8.20. The molecule has 3 nitrogen and oxygen atoms in total. The van der Waals surface area contributed by atoms with E-state index < -0.39 is 0 Å². The monoisotopic (exact) mass is 288 g/mol. The van der Waals surface area contributed by atoms with E-state index in [0.717, 1.165) is 30.8 Å². The van der Waals surface area contributed by atoms with Crippen molar-refractivity contribution in [1.82, 2.24) is 5.32 Å². The fourth-order valence-corrected chi connectivity index (χ4v) is 3.22. The van der Waals surface area contributed by atoms with Gasteiger partial charge in [0.2, 0.25) is 5.91 Å². The van der Waals surface area contributed by atoms with Crippen LogP contribution < -0.4 is 10.6 Å². The molecular formula is C18H28N2O. The molecule has 3 heteroatoms. The number of piperidine rings is 1. The summed E-state index contributed by atoms with van der Waals surface area (Å²) in [6, 6.07) is 6.21. The normalized spacial score (nSPS) is 20.0. The maximum Gasteiger partial charge on any atom is 0.224 e. The lowest BCUT2D eigenvalue weighted by molar-refractivity contribution is -0.117. The van der Waals surface area contributed by atoms with Crippen LogP contribution in [0.5, 0.6) is 0 Å². The van der Waals surface area contributed by atoms with Crippen molar-refractivity contribution in [2.24, 2.45) is 11.8 Å². The second-order valence-corrected chi connectivity index (χ2v) is 6.30.